The van der Waals surface area contributed by atoms with E-state index in [2.05, 4.69) is 5.32 Å². The van der Waals surface area contributed by atoms with Crippen LogP contribution >= 0.6 is 23.4 Å². The molecule has 0 fully saturated rings. The number of benzene rings is 3. The van der Waals surface area contributed by atoms with Gasteiger partial charge in [-0.1, -0.05) is 60.1 Å². The zero-order valence-electron chi connectivity index (χ0n) is 20.1. The van der Waals surface area contributed by atoms with Crippen molar-refractivity contribution in [3.05, 3.63) is 101 Å². The summed E-state index contributed by atoms with van der Waals surface area (Å²) in [5.74, 6) is -0.837. The molecule has 1 atom stereocenters. The Morgan fingerprint density at radius 2 is 1.60 bits per heavy atom. The summed E-state index contributed by atoms with van der Waals surface area (Å²) < 4.78 is 14.6. The Balaban J connectivity index is 1.93. The number of nitrogens with zero attached hydrogens (tertiary/aromatic N) is 1. The van der Waals surface area contributed by atoms with Crippen molar-refractivity contribution in [3.63, 3.8) is 0 Å². The highest BCUT2D eigenvalue weighted by atomic mass is 35.5. The smallest absolute Gasteiger partial charge is 0.243 e. The van der Waals surface area contributed by atoms with Crippen molar-refractivity contribution in [2.75, 3.05) is 5.75 Å². The Morgan fingerprint density at radius 1 is 0.971 bits per heavy atom. The highest BCUT2D eigenvalue weighted by molar-refractivity contribution is 8.00. The molecule has 0 heterocycles. The van der Waals surface area contributed by atoms with E-state index in [1.54, 1.807) is 30.3 Å². The Hall–Kier alpha value is -2.83. The van der Waals surface area contributed by atoms with E-state index in [0.29, 0.717) is 17.0 Å². The molecule has 7 heteroatoms. The summed E-state index contributed by atoms with van der Waals surface area (Å²) >= 11 is 7.33. The molecule has 3 rings (SSSR count). The summed E-state index contributed by atoms with van der Waals surface area (Å²) in [5.41, 5.74) is 0.786. The van der Waals surface area contributed by atoms with E-state index >= 15 is 0 Å². The van der Waals surface area contributed by atoms with Gasteiger partial charge in [0.25, 0.3) is 0 Å². The predicted molar refractivity (Wildman–Crippen MR) is 141 cm³/mol. The molecule has 0 aromatic heterocycles. The SMILES string of the molecule is CC(C)(C)NC(=O)C(Cc1ccccc1)N(Cc1ccccc1F)C(=O)CSc1ccc(Cl)cc1. The first-order chi connectivity index (χ1) is 16.6. The lowest BCUT2D eigenvalue weighted by atomic mass is 10.0. The molecular weight excluding hydrogens is 483 g/mol. The van der Waals surface area contributed by atoms with E-state index in [0.717, 1.165) is 10.5 Å². The third-order valence-corrected chi connectivity index (χ3v) is 6.49. The molecule has 0 saturated carbocycles. The molecule has 0 aliphatic rings. The average molecular weight is 513 g/mol. The lowest BCUT2D eigenvalue weighted by Crippen LogP contribution is -2.54. The molecule has 1 unspecified atom stereocenters. The van der Waals surface area contributed by atoms with Crippen LogP contribution in [0.1, 0.15) is 31.9 Å². The zero-order chi connectivity index (χ0) is 25.4. The summed E-state index contributed by atoms with van der Waals surface area (Å²) in [4.78, 5) is 29.4. The van der Waals surface area contributed by atoms with Crippen molar-refractivity contribution in [3.8, 4) is 0 Å². The number of hydrogen-bond acceptors (Lipinski definition) is 3. The largest absolute Gasteiger partial charge is 0.350 e. The van der Waals surface area contributed by atoms with E-state index in [1.165, 1.54) is 22.7 Å². The molecule has 0 bridgehead atoms. The van der Waals surface area contributed by atoms with Crippen LogP contribution in [0.3, 0.4) is 0 Å². The van der Waals surface area contributed by atoms with Crippen molar-refractivity contribution >= 4 is 35.2 Å². The van der Waals surface area contributed by atoms with E-state index < -0.39 is 17.4 Å². The standard InChI is InChI=1S/C28H30ClFN2O2S/c1-28(2,3)31-27(34)25(17-20-9-5-4-6-10-20)32(18-21-11-7-8-12-24(21)30)26(33)19-35-23-15-13-22(29)14-16-23/h4-16,25H,17-19H2,1-3H3,(H,31,34). The number of carbonyl (C=O) groups is 2. The quantitative estimate of drug-likeness (QED) is 0.351. The van der Waals surface area contributed by atoms with Gasteiger partial charge in [0.2, 0.25) is 11.8 Å². The summed E-state index contributed by atoms with van der Waals surface area (Å²) in [5, 5.41) is 3.62. The van der Waals surface area contributed by atoms with Crippen molar-refractivity contribution < 1.29 is 14.0 Å². The number of hydrogen-bond donors (Lipinski definition) is 1. The minimum absolute atomic E-state index is 0.0122. The van der Waals surface area contributed by atoms with Gasteiger partial charge in [0.05, 0.1) is 5.75 Å². The molecule has 1 N–H and O–H groups in total. The van der Waals surface area contributed by atoms with Crippen molar-refractivity contribution in [2.45, 2.75) is 50.2 Å². The van der Waals surface area contributed by atoms with Crippen LogP contribution in [0.5, 0.6) is 0 Å². The average Bonchev–Trinajstić information content (AvgIpc) is 2.81. The first-order valence-corrected chi connectivity index (χ1v) is 12.8. The van der Waals surface area contributed by atoms with Crippen LogP contribution in [0, 0.1) is 5.82 Å². The fourth-order valence-electron chi connectivity index (χ4n) is 3.58. The number of carbonyl (C=O) groups excluding carboxylic acids is 2. The van der Waals surface area contributed by atoms with Gasteiger partial charge in [0.15, 0.2) is 0 Å². The molecule has 184 valence electrons. The maximum absolute atomic E-state index is 14.6. The second kappa shape index (κ2) is 12.2. The fraction of sp³-hybridized carbons (Fsp3) is 0.286. The molecule has 3 aromatic rings. The van der Waals surface area contributed by atoms with Gasteiger partial charge in [-0.15, -0.1) is 11.8 Å². The van der Waals surface area contributed by atoms with E-state index in [1.807, 2.05) is 63.2 Å². The monoisotopic (exact) mass is 512 g/mol. The number of thioether (sulfide) groups is 1. The molecule has 3 aromatic carbocycles. The molecule has 0 radical (unpaired) electrons. The second-order valence-corrected chi connectivity index (χ2v) is 10.8. The topological polar surface area (TPSA) is 49.4 Å². The highest BCUT2D eigenvalue weighted by Gasteiger charge is 2.32. The predicted octanol–water partition coefficient (Wildman–Crippen LogP) is 6.13. The third-order valence-electron chi connectivity index (χ3n) is 5.24. The Morgan fingerprint density at radius 3 is 2.23 bits per heavy atom. The maximum Gasteiger partial charge on any atom is 0.243 e. The maximum atomic E-state index is 14.6. The zero-order valence-corrected chi connectivity index (χ0v) is 21.7. The van der Waals surface area contributed by atoms with Crippen LogP contribution in [-0.4, -0.2) is 34.0 Å². The summed E-state index contributed by atoms with van der Waals surface area (Å²) in [7, 11) is 0. The number of amides is 2. The van der Waals surface area contributed by atoms with Crippen LogP contribution in [0.25, 0.3) is 0 Å². The Kier molecular flexibility index (Phi) is 9.35. The normalized spacial score (nSPS) is 12.1. The molecule has 0 saturated heterocycles. The second-order valence-electron chi connectivity index (χ2n) is 9.30. The number of rotatable bonds is 9. The van der Waals surface area contributed by atoms with Gasteiger partial charge in [0.1, 0.15) is 11.9 Å². The van der Waals surface area contributed by atoms with E-state index in [-0.39, 0.29) is 24.1 Å². The van der Waals surface area contributed by atoms with E-state index in [4.69, 9.17) is 11.6 Å². The Labute approximate surface area is 215 Å². The van der Waals surface area contributed by atoms with Gasteiger partial charge in [-0.2, -0.15) is 0 Å². The van der Waals surface area contributed by atoms with Crippen molar-refractivity contribution in [1.82, 2.24) is 10.2 Å². The van der Waals surface area contributed by atoms with Crippen molar-refractivity contribution in [2.24, 2.45) is 0 Å². The lowest BCUT2D eigenvalue weighted by Gasteiger charge is -2.34. The first kappa shape index (κ1) is 26.8. The third kappa shape index (κ3) is 8.41. The lowest BCUT2D eigenvalue weighted by molar-refractivity contribution is -0.140. The van der Waals surface area contributed by atoms with Crippen LogP contribution in [0.2, 0.25) is 5.02 Å². The molecular formula is C28H30ClFN2O2S. The van der Waals surface area contributed by atoms with E-state index in [9.17, 15) is 14.0 Å². The molecule has 0 aliphatic carbocycles. The van der Waals surface area contributed by atoms with Crippen LogP contribution < -0.4 is 5.32 Å². The number of halogens is 2. The number of nitrogens with one attached hydrogen (secondary N) is 1. The Bertz CT molecular complexity index is 1130. The molecule has 0 spiro atoms. The molecule has 35 heavy (non-hydrogen) atoms. The van der Waals surface area contributed by atoms with Crippen LogP contribution in [-0.2, 0) is 22.6 Å². The van der Waals surface area contributed by atoms with Gasteiger partial charge in [0, 0.05) is 34.0 Å². The van der Waals surface area contributed by atoms with Crippen molar-refractivity contribution in [1.29, 1.82) is 0 Å². The van der Waals surface area contributed by atoms with Gasteiger partial charge in [-0.25, -0.2) is 4.39 Å². The van der Waals surface area contributed by atoms with Gasteiger partial charge in [-0.3, -0.25) is 9.59 Å². The van der Waals surface area contributed by atoms with Crippen LogP contribution in [0.4, 0.5) is 4.39 Å². The summed E-state index contributed by atoms with van der Waals surface area (Å²) in [6.45, 7) is 5.67. The van der Waals surface area contributed by atoms with Gasteiger partial charge in [-0.05, 0) is 56.7 Å². The molecule has 0 aliphatic heterocycles. The van der Waals surface area contributed by atoms with Gasteiger partial charge >= 0.3 is 0 Å². The first-order valence-electron chi connectivity index (χ1n) is 11.4. The van der Waals surface area contributed by atoms with Crippen LogP contribution in [0.15, 0.2) is 83.8 Å². The minimum atomic E-state index is -0.811. The highest BCUT2D eigenvalue weighted by Crippen LogP contribution is 2.23. The summed E-state index contributed by atoms with van der Waals surface area (Å²) in [6, 6.07) is 22.3. The van der Waals surface area contributed by atoms with Gasteiger partial charge < -0.3 is 10.2 Å². The fourth-order valence-corrected chi connectivity index (χ4v) is 4.49. The summed E-state index contributed by atoms with van der Waals surface area (Å²) in [6.07, 6.45) is 0.314. The minimum Gasteiger partial charge on any atom is -0.350 e. The molecule has 2 amide bonds. The molecule has 4 nitrogen and oxygen atoms in total.